The molecule has 2 aromatic carbocycles. The van der Waals surface area contributed by atoms with Gasteiger partial charge in [0, 0.05) is 37.6 Å². The number of anilines is 1. The van der Waals surface area contributed by atoms with Gasteiger partial charge in [0.25, 0.3) is 0 Å². The summed E-state index contributed by atoms with van der Waals surface area (Å²) < 4.78 is 54.0. The molecule has 1 aliphatic carbocycles. The van der Waals surface area contributed by atoms with Crippen molar-refractivity contribution in [2.45, 2.75) is 75.2 Å². The molecular weight excluding hydrogens is 567 g/mol. The van der Waals surface area contributed by atoms with E-state index in [9.17, 15) is 9.18 Å². The average molecular weight is 604 g/mol. The Balaban J connectivity index is 1.22. The molecule has 4 atom stereocenters. The van der Waals surface area contributed by atoms with Crippen molar-refractivity contribution in [1.29, 1.82) is 0 Å². The van der Waals surface area contributed by atoms with E-state index in [2.05, 4.69) is 21.4 Å². The topological polar surface area (TPSA) is 61.8 Å². The zero-order valence-corrected chi connectivity index (χ0v) is 24.7. The molecule has 5 heterocycles. The highest BCUT2D eigenvalue weighted by Gasteiger charge is 2.51. The van der Waals surface area contributed by atoms with Crippen LogP contribution in [0.1, 0.15) is 49.7 Å². The van der Waals surface area contributed by atoms with Crippen LogP contribution in [0.15, 0.2) is 37.1 Å². The van der Waals surface area contributed by atoms with Crippen molar-refractivity contribution in [2.24, 2.45) is 0 Å². The van der Waals surface area contributed by atoms with Gasteiger partial charge in [-0.3, -0.25) is 9.69 Å². The molecule has 4 fully saturated rings. The Hall–Kier alpha value is -3.66. The SMILES string of the molecule is C=CC(=O)N1CCC2[C@H]1CN2c1c(F)c(-c2cccc3c2CCCC3)c(F)c2nc(OC[C@@]34CCCN3C[C@H](F)C4)ncc12. The Labute approximate surface area is 254 Å². The quantitative estimate of drug-likeness (QED) is 0.353. The van der Waals surface area contributed by atoms with Gasteiger partial charge in [0.1, 0.15) is 18.3 Å². The lowest BCUT2D eigenvalue weighted by atomic mass is 9.85. The van der Waals surface area contributed by atoms with E-state index >= 15 is 8.78 Å². The fourth-order valence-electron chi connectivity index (χ4n) is 8.68. The van der Waals surface area contributed by atoms with Crippen LogP contribution in [0.25, 0.3) is 22.0 Å². The summed E-state index contributed by atoms with van der Waals surface area (Å²) in [4.78, 5) is 27.3. The number of carbonyl (C=O) groups is 1. The molecule has 0 spiro atoms. The first-order chi connectivity index (χ1) is 21.4. The molecule has 10 heteroatoms. The van der Waals surface area contributed by atoms with Crippen molar-refractivity contribution in [3.05, 3.63) is 59.8 Å². The number of aryl methyl sites for hydroxylation is 1. The molecule has 4 aliphatic heterocycles. The fourth-order valence-corrected chi connectivity index (χ4v) is 8.68. The van der Waals surface area contributed by atoms with Gasteiger partial charge in [-0.15, -0.1) is 0 Å². The van der Waals surface area contributed by atoms with Gasteiger partial charge >= 0.3 is 6.01 Å². The van der Waals surface area contributed by atoms with Crippen molar-refractivity contribution in [3.63, 3.8) is 0 Å². The molecule has 5 aliphatic rings. The second-order valence-corrected chi connectivity index (χ2v) is 13.1. The monoisotopic (exact) mass is 603 g/mol. The van der Waals surface area contributed by atoms with Gasteiger partial charge in [-0.25, -0.2) is 18.2 Å². The smallest absolute Gasteiger partial charge is 0.317 e. The normalized spacial score (nSPS) is 27.7. The Bertz CT molecular complexity index is 1680. The summed E-state index contributed by atoms with van der Waals surface area (Å²) in [7, 11) is 0. The van der Waals surface area contributed by atoms with Crippen LogP contribution in [-0.4, -0.2) is 82.3 Å². The second kappa shape index (κ2) is 10.5. The van der Waals surface area contributed by atoms with Crippen LogP contribution in [0.4, 0.5) is 18.9 Å². The molecule has 0 radical (unpaired) electrons. The fraction of sp³-hybridized carbons (Fsp3) is 0.500. The van der Waals surface area contributed by atoms with Crippen molar-refractivity contribution in [2.75, 3.05) is 37.7 Å². The predicted molar refractivity (Wildman–Crippen MR) is 162 cm³/mol. The molecule has 44 heavy (non-hydrogen) atoms. The zero-order valence-electron chi connectivity index (χ0n) is 24.7. The molecule has 7 nitrogen and oxygen atoms in total. The summed E-state index contributed by atoms with van der Waals surface area (Å²) in [6.07, 6.45) is 8.42. The number of alkyl halides is 1. The van der Waals surface area contributed by atoms with E-state index < -0.39 is 23.3 Å². The predicted octanol–water partition coefficient (Wildman–Crippen LogP) is 5.38. The number of benzene rings is 2. The number of amides is 1. The van der Waals surface area contributed by atoms with Crippen LogP contribution in [0.2, 0.25) is 0 Å². The highest BCUT2D eigenvalue weighted by atomic mass is 19.1. The summed E-state index contributed by atoms with van der Waals surface area (Å²) in [6.45, 7) is 6.06. The van der Waals surface area contributed by atoms with Gasteiger partial charge in [-0.1, -0.05) is 24.8 Å². The van der Waals surface area contributed by atoms with E-state index in [-0.39, 0.29) is 52.8 Å². The first-order valence-corrected chi connectivity index (χ1v) is 15.9. The Morgan fingerprint density at radius 2 is 1.98 bits per heavy atom. The molecule has 230 valence electrons. The maximum Gasteiger partial charge on any atom is 0.317 e. The van der Waals surface area contributed by atoms with Crippen molar-refractivity contribution >= 4 is 22.5 Å². The van der Waals surface area contributed by atoms with Crippen LogP contribution >= 0.6 is 0 Å². The van der Waals surface area contributed by atoms with Gasteiger partial charge in [0.2, 0.25) is 5.91 Å². The van der Waals surface area contributed by atoms with E-state index in [1.165, 1.54) is 12.3 Å². The summed E-state index contributed by atoms with van der Waals surface area (Å²) in [5, 5.41) is 0.276. The highest BCUT2D eigenvalue weighted by molar-refractivity contribution is 5.98. The van der Waals surface area contributed by atoms with Crippen molar-refractivity contribution in [3.8, 4) is 17.1 Å². The molecule has 0 N–H and O–H groups in total. The Morgan fingerprint density at radius 1 is 1.11 bits per heavy atom. The van der Waals surface area contributed by atoms with Crippen LogP contribution in [0, 0.1) is 11.6 Å². The minimum atomic E-state index is -0.896. The standard InChI is InChI=1S/C34H36F3N5O2/c1-2-27(43)41-14-11-25-26(41)18-42(25)32-24-16-38-33(44-19-34-12-6-13-40(34)17-21(35)15-34)39-31(24)29(36)28(30(32)37)23-10-5-8-20-7-3-4-9-22(20)23/h2,5,8,10,16,21,25-26H,1,3-4,6-7,9,11-15,17-19H2/t21-,25?,26-,34+/m1/s1. The largest absolute Gasteiger partial charge is 0.461 e. The van der Waals surface area contributed by atoms with Crippen LogP contribution in [0.5, 0.6) is 6.01 Å². The van der Waals surface area contributed by atoms with Crippen molar-refractivity contribution in [1.82, 2.24) is 19.8 Å². The summed E-state index contributed by atoms with van der Waals surface area (Å²) in [5.74, 6) is -1.49. The van der Waals surface area contributed by atoms with Gasteiger partial charge < -0.3 is 14.5 Å². The molecular formula is C34H36F3N5O2. The average Bonchev–Trinajstić information content (AvgIpc) is 3.67. The molecule has 1 unspecified atom stereocenters. The molecule has 4 saturated heterocycles. The first-order valence-electron chi connectivity index (χ1n) is 15.9. The van der Waals surface area contributed by atoms with Crippen molar-refractivity contribution < 1.29 is 22.7 Å². The minimum Gasteiger partial charge on any atom is -0.461 e. The van der Waals surface area contributed by atoms with E-state index in [0.717, 1.165) is 56.2 Å². The van der Waals surface area contributed by atoms with E-state index in [1.807, 2.05) is 17.0 Å². The van der Waals surface area contributed by atoms with Crippen LogP contribution < -0.4 is 9.64 Å². The zero-order chi connectivity index (χ0) is 30.2. The summed E-state index contributed by atoms with van der Waals surface area (Å²) >= 11 is 0. The van der Waals surface area contributed by atoms with E-state index in [0.29, 0.717) is 38.0 Å². The van der Waals surface area contributed by atoms with Gasteiger partial charge in [-0.2, -0.15) is 4.98 Å². The summed E-state index contributed by atoms with van der Waals surface area (Å²) in [5.41, 5.74) is 2.47. The third-order valence-electron chi connectivity index (χ3n) is 10.8. The number of nitrogens with zero attached hydrogens (tertiary/aromatic N) is 5. The number of hydrogen-bond acceptors (Lipinski definition) is 6. The number of likely N-dealkylation sites (tertiary alicyclic amines) is 1. The van der Waals surface area contributed by atoms with E-state index in [4.69, 9.17) is 4.74 Å². The molecule has 3 aromatic rings. The van der Waals surface area contributed by atoms with E-state index in [1.54, 1.807) is 11.0 Å². The lowest BCUT2D eigenvalue weighted by Gasteiger charge is -2.48. The van der Waals surface area contributed by atoms with Crippen LogP contribution in [-0.2, 0) is 17.6 Å². The molecule has 1 amide bonds. The Morgan fingerprint density at radius 3 is 2.84 bits per heavy atom. The first kappa shape index (κ1) is 27.9. The number of halogens is 3. The minimum absolute atomic E-state index is 0.00337. The number of fused-ring (bicyclic) bond motifs is 4. The number of aromatic nitrogens is 2. The highest BCUT2D eigenvalue weighted by Crippen LogP contribution is 2.47. The second-order valence-electron chi connectivity index (χ2n) is 13.1. The maximum absolute atomic E-state index is 16.9. The molecule has 8 rings (SSSR count). The molecule has 0 bridgehead atoms. The van der Waals surface area contributed by atoms with Gasteiger partial charge in [-0.05, 0) is 74.3 Å². The molecule has 1 aromatic heterocycles. The third kappa shape index (κ3) is 4.16. The Kier molecular flexibility index (Phi) is 6.63. The molecule has 0 saturated carbocycles. The third-order valence-corrected chi connectivity index (χ3v) is 10.8. The maximum atomic E-state index is 16.9. The lowest BCUT2D eigenvalue weighted by Crippen LogP contribution is -2.63. The summed E-state index contributed by atoms with van der Waals surface area (Å²) in [6, 6.07) is 5.57. The lowest BCUT2D eigenvalue weighted by molar-refractivity contribution is -0.127. The number of rotatable bonds is 6. The number of ether oxygens (including phenoxy) is 1. The number of hydrogen-bond donors (Lipinski definition) is 0. The van der Waals surface area contributed by atoms with Crippen LogP contribution in [0.3, 0.4) is 0 Å². The van der Waals surface area contributed by atoms with Gasteiger partial charge in [0.05, 0.1) is 28.9 Å². The number of carbonyl (C=O) groups excluding carboxylic acids is 1. The van der Waals surface area contributed by atoms with Gasteiger partial charge in [0.15, 0.2) is 11.6 Å².